The fourth-order valence-corrected chi connectivity index (χ4v) is 4.03. The number of hydrogen-bond donors (Lipinski definition) is 0. The standard InChI is InChI=1S/C20H33N3/c1-17(2)22-13-11-21(12-14-22)16-19-7-9-23(10-8-19)20-6-4-5-18(3)15-20/h4-6,15,17,19H,7-14,16H2,1-3H3. The second-order valence-corrected chi connectivity index (χ2v) is 7.70. The van der Waals surface area contributed by atoms with Gasteiger partial charge < -0.3 is 9.80 Å². The molecule has 3 heteroatoms. The van der Waals surface area contributed by atoms with Crippen LogP contribution in [-0.4, -0.2) is 61.7 Å². The van der Waals surface area contributed by atoms with E-state index in [9.17, 15) is 0 Å². The van der Waals surface area contributed by atoms with Gasteiger partial charge in [-0.15, -0.1) is 0 Å². The summed E-state index contributed by atoms with van der Waals surface area (Å²) in [4.78, 5) is 7.88. The van der Waals surface area contributed by atoms with E-state index in [1.54, 1.807) is 0 Å². The summed E-state index contributed by atoms with van der Waals surface area (Å²) < 4.78 is 0. The number of hydrogen-bond acceptors (Lipinski definition) is 3. The van der Waals surface area contributed by atoms with Crippen LogP contribution in [0.15, 0.2) is 24.3 Å². The molecule has 0 bridgehead atoms. The number of benzene rings is 1. The smallest absolute Gasteiger partial charge is 0.0368 e. The van der Waals surface area contributed by atoms with Crippen LogP contribution >= 0.6 is 0 Å². The topological polar surface area (TPSA) is 9.72 Å². The first-order valence-corrected chi connectivity index (χ1v) is 9.40. The molecule has 0 aromatic heterocycles. The lowest BCUT2D eigenvalue weighted by molar-refractivity contribution is 0.0931. The Kier molecular flexibility index (Phi) is 5.60. The van der Waals surface area contributed by atoms with E-state index in [2.05, 4.69) is 59.7 Å². The number of anilines is 1. The molecule has 0 amide bonds. The number of nitrogens with zero attached hydrogens (tertiary/aromatic N) is 3. The molecule has 2 saturated heterocycles. The number of aryl methyl sites for hydroxylation is 1. The first-order valence-electron chi connectivity index (χ1n) is 9.40. The molecule has 2 heterocycles. The largest absolute Gasteiger partial charge is 0.372 e. The molecule has 128 valence electrons. The van der Waals surface area contributed by atoms with E-state index in [1.807, 2.05) is 0 Å². The van der Waals surface area contributed by atoms with Gasteiger partial charge in [0.1, 0.15) is 0 Å². The van der Waals surface area contributed by atoms with E-state index in [1.165, 1.54) is 69.9 Å². The van der Waals surface area contributed by atoms with Crippen molar-refractivity contribution in [2.75, 3.05) is 50.7 Å². The highest BCUT2D eigenvalue weighted by Gasteiger charge is 2.24. The number of rotatable bonds is 4. The van der Waals surface area contributed by atoms with Crippen molar-refractivity contribution >= 4 is 5.69 Å². The van der Waals surface area contributed by atoms with Crippen LogP contribution < -0.4 is 4.90 Å². The third kappa shape index (κ3) is 4.48. The Hall–Kier alpha value is -1.06. The molecule has 0 aliphatic carbocycles. The molecule has 0 saturated carbocycles. The molecule has 3 rings (SSSR count). The molecule has 23 heavy (non-hydrogen) atoms. The minimum atomic E-state index is 0.703. The molecule has 2 aliphatic rings. The van der Waals surface area contributed by atoms with Crippen molar-refractivity contribution in [1.82, 2.24) is 9.80 Å². The van der Waals surface area contributed by atoms with Crippen LogP contribution in [0.25, 0.3) is 0 Å². The van der Waals surface area contributed by atoms with Crippen LogP contribution in [0.2, 0.25) is 0 Å². The molecule has 0 N–H and O–H groups in total. The molecular formula is C20H33N3. The zero-order chi connectivity index (χ0) is 16.2. The highest BCUT2D eigenvalue weighted by atomic mass is 15.3. The Morgan fingerprint density at radius 1 is 1.00 bits per heavy atom. The zero-order valence-corrected chi connectivity index (χ0v) is 15.2. The van der Waals surface area contributed by atoms with Crippen LogP contribution in [0.1, 0.15) is 32.3 Å². The van der Waals surface area contributed by atoms with Gasteiger partial charge in [0, 0.05) is 57.5 Å². The maximum atomic E-state index is 2.70. The zero-order valence-electron chi connectivity index (χ0n) is 15.2. The van der Waals surface area contributed by atoms with E-state index in [0.29, 0.717) is 6.04 Å². The predicted octanol–water partition coefficient (Wildman–Crippen LogP) is 3.24. The Labute approximate surface area is 142 Å². The summed E-state index contributed by atoms with van der Waals surface area (Å²) in [5, 5.41) is 0. The lowest BCUT2D eigenvalue weighted by Gasteiger charge is -2.40. The van der Waals surface area contributed by atoms with Crippen molar-refractivity contribution in [2.45, 2.75) is 39.7 Å². The molecule has 0 atom stereocenters. The van der Waals surface area contributed by atoms with Gasteiger partial charge in [-0.05, 0) is 57.2 Å². The molecule has 3 nitrogen and oxygen atoms in total. The Bertz CT molecular complexity index is 483. The third-order valence-corrected chi connectivity index (χ3v) is 5.63. The average molecular weight is 316 g/mol. The lowest BCUT2D eigenvalue weighted by Crippen LogP contribution is -2.50. The number of piperazine rings is 1. The van der Waals surface area contributed by atoms with Gasteiger partial charge in [-0.3, -0.25) is 4.90 Å². The molecule has 1 aromatic rings. The first-order chi connectivity index (χ1) is 11.1. The van der Waals surface area contributed by atoms with Gasteiger partial charge in [-0.2, -0.15) is 0 Å². The maximum absolute atomic E-state index is 2.70. The summed E-state index contributed by atoms with van der Waals surface area (Å²) in [5.74, 6) is 0.890. The van der Waals surface area contributed by atoms with Crippen molar-refractivity contribution in [1.29, 1.82) is 0 Å². The van der Waals surface area contributed by atoms with E-state index in [4.69, 9.17) is 0 Å². The van der Waals surface area contributed by atoms with Crippen molar-refractivity contribution in [3.8, 4) is 0 Å². The van der Waals surface area contributed by atoms with Gasteiger partial charge in [0.15, 0.2) is 0 Å². The molecule has 0 radical (unpaired) electrons. The second-order valence-electron chi connectivity index (χ2n) is 7.70. The van der Waals surface area contributed by atoms with E-state index >= 15 is 0 Å². The highest BCUT2D eigenvalue weighted by molar-refractivity contribution is 5.48. The van der Waals surface area contributed by atoms with Crippen LogP contribution in [0.4, 0.5) is 5.69 Å². The molecule has 0 spiro atoms. The van der Waals surface area contributed by atoms with E-state index in [0.717, 1.165) is 5.92 Å². The van der Waals surface area contributed by atoms with Gasteiger partial charge in [0.05, 0.1) is 0 Å². The molecule has 0 unspecified atom stereocenters. The fraction of sp³-hybridized carbons (Fsp3) is 0.700. The minimum Gasteiger partial charge on any atom is -0.372 e. The summed E-state index contributed by atoms with van der Waals surface area (Å²) in [6, 6.07) is 9.66. The minimum absolute atomic E-state index is 0.703. The summed E-state index contributed by atoms with van der Waals surface area (Å²) in [6.07, 6.45) is 2.69. The van der Waals surface area contributed by atoms with Crippen molar-refractivity contribution in [2.24, 2.45) is 5.92 Å². The molecule has 2 aliphatic heterocycles. The monoisotopic (exact) mass is 315 g/mol. The Balaban J connectivity index is 1.43. The summed E-state index contributed by atoms with van der Waals surface area (Å²) >= 11 is 0. The summed E-state index contributed by atoms with van der Waals surface area (Å²) in [5.41, 5.74) is 2.78. The van der Waals surface area contributed by atoms with Crippen molar-refractivity contribution in [3.63, 3.8) is 0 Å². The normalized spacial score (nSPS) is 22.0. The Morgan fingerprint density at radius 3 is 2.30 bits per heavy atom. The van der Waals surface area contributed by atoms with E-state index in [-0.39, 0.29) is 0 Å². The van der Waals surface area contributed by atoms with Crippen LogP contribution in [0, 0.1) is 12.8 Å². The first kappa shape index (κ1) is 16.8. The highest BCUT2D eigenvalue weighted by Crippen LogP contribution is 2.25. The van der Waals surface area contributed by atoms with Gasteiger partial charge in [-0.1, -0.05) is 12.1 Å². The van der Waals surface area contributed by atoms with Gasteiger partial charge >= 0.3 is 0 Å². The van der Waals surface area contributed by atoms with Crippen molar-refractivity contribution < 1.29 is 0 Å². The molecule has 1 aromatic carbocycles. The SMILES string of the molecule is Cc1cccc(N2CCC(CN3CCN(C(C)C)CC3)CC2)c1. The van der Waals surface area contributed by atoms with Crippen LogP contribution in [-0.2, 0) is 0 Å². The summed E-state index contributed by atoms with van der Waals surface area (Å²) in [7, 11) is 0. The Morgan fingerprint density at radius 2 is 1.70 bits per heavy atom. The van der Waals surface area contributed by atoms with Crippen LogP contribution in [0.3, 0.4) is 0 Å². The van der Waals surface area contributed by atoms with Gasteiger partial charge in [0.25, 0.3) is 0 Å². The van der Waals surface area contributed by atoms with Crippen molar-refractivity contribution in [3.05, 3.63) is 29.8 Å². The maximum Gasteiger partial charge on any atom is 0.0368 e. The predicted molar refractivity (Wildman–Crippen MR) is 99.3 cm³/mol. The quantitative estimate of drug-likeness (QED) is 0.844. The summed E-state index contributed by atoms with van der Waals surface area (Å²) in [6.45, 7) is 15.6. The van der Waals surface area contributed by atoms with Gasteiger partial charge in [0.2, 0.25) is 0 Å². The second kappa shape index (κ2) is 7.67. The average Bonchev–Trinajstić information content (AvgIpc) is 2.56. The third-order valence-electron chi connectivity index (χ3n) is 5.63. The fourth-order valence-electron chi connectivity index (χ4n) is 4.03. The number of piperidine rings is 1. The van der Waals surface area contributed by atoms with E-state index < -0.39 is 0 Å². The van der Waals surface area contributed by atoms with Crippen LogP contribution in [0.5, 0.6) is 0 Å². The lowest BCUT2D eigenvalue weighted by atomic mass is 9.95. The molecule has 2 fully saturated rings. The van der Waals surface area contributed by atoms with Gasteiger partial charge in [-0.25, -0.2) is 0 Å². The molecular weight excluding hydrogens is 282 g/mol.